The van der Waals surface area contributed by atoms with Gasteiger partial charge >= 0.3 is 0 Å². The molecule has 104 valence electrons. The average molecular weight is 259 g/mol. The Labute approximate surface area is 116 Å². The molecule has 1 aromatic carbocycles. The highest BCUT2D eigenvalue weighted by atomic mass is 16.5. The molecule has 1 fully saturated rings. The van der Waals surface area contributed by atoms with Crippen LogP contribution >= 0.6 is 0 Å². The van der Waals surface area contributed by atoms with Gasteiger partial charge in [0, 0.05) is 12.0 Å². The molecule has 3 atom stereocenters. The lowest BCUT2D eigenvalue weighted by Gasteiger charge is -2.22. The Morgan fingerprint density at radius 2 is 2.16 bits per heavy atom. The maximum Gasteiger partial charge on any atom is 0.0551 e. The molecule has 3 unspecified atom stereocenters. The Morgan fingerprint density at radius 3 is 2.89 bits per heavy atom. The molecule has 0 radical (unpaired) electrons. The van der Waals surface area contributed by atoms with Crippen LogP contribution in [0.25, 0.3) is 0 Å². The van der Waals surface area contributed by atoms with E-state index in [-0.39, 0.29) is 0 Å². The summed E-state index contributed by atoms with van der Waals surface area (Å²) < 4.78 is 5.72. The van der Waals surface area contributed by atoms with Gasteiger partial charge in [-0.25, -0.2) is 0 Å². The maximum atomic E-state index is 5.72. The van der Waals surface area contributed by atoms with Crippen molar-refractivity contribution >= 4 is 0 Å². The summed E-state index contributed by atoms with van der Waals surface area (Å²) in [5.41, 5.74) is 4.64. The van der Waals surface area contributed by atoms with E-state index < -0.39 is 0 Å². The number of ether oxygens (including phenoxy) is 1. The molecule has 0 aromatic heterocycles. The van der Waals surface area contributed by atoms with Gasteiger partial charge in [-0.1, -0.05) is 18.2 Å². The monoisotopic (exact) mass is 259 g/mol. The van der Waals surface area contributed by atoms with Gasteiger partial charge in [0.05, 0.1) is 12.7 Å². The van der Waals surface area contributed by atoms with Gasteiger partial charge < -0.3 is 10.1 Å². The molecule has 0 bridgehead atoms. The highest BCUT2D eigenvalue weighted by molar-refractivity contribution is 5.35. The Balaban J connectivity index is 1.69. The summed E-state index contributed by atoms with van der Waals surface area (Å²) in [5, 5.41) is 3.50. The third kappa shape index (κ3) is 2.85. The van der Waals surface area contributed by atoms with Gasteiger partial charge in [0.25, 0.3) is 0 Å². The van der Waals surface area contributed by atoms with E-state index in [1.807, 2.05) is 0 Å². The van der Waals surface area contributed by atoms with Gasteiger partial charge in [0.15, 0.2) is 0 Å². The lowest BCUT2D eigenvalue weighted by molar-refractivity contribution is 0.117. The van der Waals surface area contributed by atoms with E-state index in [0.717, 1.165) is 13.0 Å². The fourth-order valence-electron chi connectivity index (χ4n) is 3.64. The van der Waals surface area contributed by atoms with Crippen LogP contribution < -0.4 is 5.32 Å². The largest absolute Gasteiger partial charge is 0.378 e. The zero-order valence-corrected chi connectivity index (χ0v) is 12.1. The smallest absolute Gasteiger partial charge is 0.0551 e. The fourth-order valence-corrected chi connectivity index (χ4v) is 3.64. The highest BCUT2D eigenvalue weighted by Gasteiger charge is 2.28. The number of hydrogen-bond acceptors (Lipinski definition) is 2. The molecule has 2 heteroatoms. The van der Waals surface area contributed by atoms with Gasteiger partial charge in [-0.2, -0.15) is 0 Å². The molecule has 1 heterocycles. The SMILES string of the molecule is CNC(Cc1ccc2c(c1)CCC2)C1COC(C)C1. The molecule has 0 amide bonds. The Hall–Kier alpha value is -0.860. The van der Waals surface area contributed by atoms with Crippen LogP contribution in [0.15, 0.2) is 18.2 Å². The molecular weight excluding hydrogens is 234 g/mol. The van der Waals surface area contributed by atoms with Crippen LogP contribution in [-0.2, 0) is 24.0 Å². The van der Waals surface area contributed by atoms with Crippen LogP contribution in [0.4, 0.5) is 0 Å². The van der Waals surface area contributed by atoms with Crippen molar-refractivity contribution in [1.29, 1.82) is 0 Å². The van der Waals surface area contributed by atoms with Crippen molar-refractivity contribution in [2.24, 2.45) is 5.92 Å². The zero-order valence-electron chi connectivity index (χ0n) is 12.1. The normalized spacial score (nSPS) is 27.5. The van der Waals surface area contributed by atoms with E-state index in [9.17, 15) is 0 Å². The minimum atomic E-state index is 0.431. The Bertz CT molecular complexity index is 443. The lowest BCUT2D eigenvalue weighted by Crippen LogP contribution is -2.36. The van der Waals surface area contributed by atoms with Crippen LogP contribution in [0, 0.1) is 5.92 Å². The third-order valence-electron chi connectivity index (χ3n) is 4.79. The summed E-state index contributed by atoms with van der Waals surface area (Å²) in [5.74, 6) is 0.660. The van der Waals surface area contributed by atoms with Crippen molar-refractivity contribution in [2.45, 2.75) is 51.2 Å². The van der Waals surface area contributed by atoms with E-state index in [1.165, 1.54) is 31.2 Å². The first-order valence-electron chi connectivity index (χ1n) is 7.66. The number of rotatable bonds is 4. The Morgan fingerprint density at radius 1 is 1.32 bits per heavy atom. The molecule has 1 aliphatic heterocycles. The van der Waals surface area contributed by atoms with Crippen LogP contribution in [0.2, 0.25) is 0 Å². The van der Waals surface area contributed by atoms with E-state index in [1.54, 1.807) is 11.1 Å². The van der Waals surface area contributed by atoms with Crippen LogP contribution in [0.5, 0.6) is 0 Å². The molecule has 2 aliphatic rings. The maximum absolute atomic E-state index is 5.72. The third-order valence-corrected chi connectivity index (χ3v) is 4.79. The molecule has 0 saturated carbocycles. The molecule has 2 nitrogen and oxygen atoms in total. The summed E-state index contributed by atoms with van der Waals surface area (Å²) >= 11 is 0. The second-order valence-electron chi connectivity index (χ2n) is 6.20. The summed E-state index contributed by atoms with van der Waals surface area (Å²) in [7, 11) is 2.08. The predicted octanol–water partition coefficient (Wildman–Crippen LogP) is 2.73. The lowest BCUT2D eigenvalue weighted by atomic mass is 9.91. The number of nitrogens with one attached hydrogen (secondary N) is 1. The minimum Gasteiger partial charge on any atom is -0.378 e. The number of fused-ring (bicyclic) bond motifs is 1. The summed E-state index contributed by atoms with van der Waals surface area (Å²) in [6, 6.07) is 7.65. The van der Waals surface area contributed by atoms with Crippen molar-refractivity contribution in [1.82, 2.24) is 5.32 Å². The van der Waals surface area contributed by atoms with Gasteiger partial charge in [-0.3, -0.25) is 0 Å². The minimum absolute atomic E-state index is 0.431. The topological polar surface area (TPSA) is 21.3 Å². The predicted molar refractivity (Wildman–Crippen MR) is 78.5 cm³/mol. The first-order chi connectivity index (χ1) is 9.26. The van der Waals surface area contributed by atoms with E-state index in [2.05, 4.69) is 37.5 Å². The molecule has 1 aromatic rings. The molecule has 0 spiro atoms. The molecule has 1 aliphatic carbocycles. The van der Waals surface area contributed by atoms with Gasteiger partial charge in [-0.15, -0.1) is 0 Å². The van der Waals surface area contributed by atoms with Crippen molar-refractivity contribution in [3.8, 4) is 0 Å². The zero-order chi connectivity index (χ0) is 13.2. The standard InChI is InChI=1S/C17H25NO/c1-12-8-16(11-19-12)17(18-2)10-13-6-7-14-4-3-5-15(14)9-13/h6-7,9,12,16-18H,3-5,8,10-11H2,1-2H3. The number of hydrogen-bond donors (Lipinski definition) is 1. The fraction of sp³-hybridized carbons (Fsp3) is 0.647. The van der Waals surface area contributed by atoms with Crippen LogP contribution in [0.3, 0.4) is 0 Å². The van der Waals surface area contributed by atoms with Crippen LogP contribution in [-0.4, -0.2) is 25.8 Å². The molecule has 1 saturated heterocycles. The second-order valence-corrected chi connectivity index (χ2v) is 6.20. The van der Waals surface area contributed by atoms with Crippen molar-refractivity contribution in [3.05, 3.63) is 34.9 Å². The summed E-state index contributed by atoms with van der Waals surface area (Å²) in [6.45, 7) is 3.10. The number of likely N-dealkylation sites (N-methyl/N-ethyl adjacent to an activating group) is 1. The molecule has 19 heavy (non-hydrogen) atoms. The van der Waals surface area contributed by atoms with Crippen molar-refractivity contribution < 1.29 is 4.74 Å². The van der Waals surface area contributed by atoms with Crippen molar-refractivity contribution in [3.63, 3.8) is 0 Å². The highest BCUT2D eigenvalue weighted by Crippen LogP contribution is 2.27. The Kier molecular flexibility index (Phi) is 3.90. The molecular formula is C17H25NO. The van der Waals surface area contributed by atoms with Gasteiger partial charge in [0.2, 0.25) is 0 Å². The van der Waals surface area contributed by atoms with Gasteiger partial charge in [-0.05, 0) is 62.8 Å². The van der Waals surface area contributed by atoms with E-state index >= 15 is 0 Å². The van der Waals surface area contributed by atoms with E-state index in [4.69, 9.17) is 4.74 Å². The molecule has 1 N–H and O–H groups in total. The quantitative estimate of drug-likeness (QED) is 0.897. The summed E-state index contributed by atoms with van der Waals surface area (Å²) in [6.07, 6.45) is 6.64. The van der Waals surface area contributed by atoms with E-state index in [0.29, 0.717) is 18.1 Å². The average Bonchev–Trinajstić information content (AvgIpc) is 3.04. The van der Waals surface area contributed by atoms with Crippen molar-refractivity contribution in [2.75, 3.05) is 13.7 Å². The first kappa shape index (κ1) is 13.1. The number of benzene rings is 1. The van der Waals surface area contributed by atoms with Gasteiger partial charge in [0.1, 0.15) is 0 Å². The van der Waals surface area contributed by atoms with Crippen LogP contribution in [0.1, 0.15) is 36.5 Å². The number of aryl methyl sites for hydroxylation is 2. The second kappa shape index (κ2) is 5.64. The summed E-state index contributed by atoms with van der Waals surface area (Å²) in [4.78, 5) is 0. The first-order valence-corrected chi connectivity index (χ1v) is 7.66. The molecule has 3 rings (SSSR count).